The third kappa shape index (κ3) is 4.84. The normalized spacial score (nSPS) is 11.2. The summed E-state index contributed by atoms with van der Waals surface area (Å²) < 4.78 is 0. The molecule has 0 saturated carbocycles. The van der Waals surface area contributed by atoms with Crippen LogP contribution in [0.3, 0.4) is 0 Å². The maximum atomic E-state index is 12.0. The number of benzene rings is 2. The van der Waals surface area contributed by atoms with E-state index in [2.05, 4.69) is 21.9 Å². The van der Waals surface area contributed by atoms with Crippen molar-refractivity contribution in [3.05, 3.63) is 59.2 Å². The van der Waals surface area contributed by atoms with E-state index in [1.54, 1.807) is 24.3 Å². The molecule has 5 nitrogen and oxygen atoms in total. The van der Waals surface area contributed by atoms with E-state index in [1.165, 1.54) is 5.56 Å². The summed E-state index contributed by atoms with van der Waals surface area (Å²) in [6.07, 6.45) is 0.676. The highest BCUT2D eigenvalue weighted by Gasteiger charge is 2.05. The zero-order chi connectivity index (χ0) is 17.5. The number of amides is 1. The van der Waals surface area contributed by atoms with E-state index in [4.69, 9.17) is 0 Å². The lowest BCUT2D eigenvalue weighted by Crippen LogP contribution is -2.27. The molecule has 126 valence electrons. The van der Waals surface area contributed by atoms with Crippen LogP contribution in [0.1, 0.15) is 30.0 Å². The summed E-state index contributed by atoms with van der Waals surface area (Å²) >= 11 is 0. The molecule has 1 amide bonds. The van der Waals surface area contributed by atoms with E-state index in [1.807, 2.05) is 32.9 Å². The van der Waals surface area contributed by atoms with Crippen molar-refractivity contribution < 1.29 is 9.90 Å². The van der Waals surface area contributed by atoms with Gasteiger partial charge in [-0.15, -0.1) is 0 Å². The number of nitrogens with one attached hydrogen (secondary N) is 2. The fourth-order valence-electron chi connectivity index (χ4n) is 2.36. The standard InChI is InChI=1S/C19H23N3O2/c1-4-17(15-6-8-16(23)9-7-15)21-22-19(24)12-20-18-10-5-13(2)11-14(18)3/h5-11,20,23H,4,12H2,1-3H3,(H,22,24)/b21-17-. The van der Waals surface area contributed by atoms with E-state index in [9.17, 15) is 9.90 Å². The number of hydrogen-bond acceptors (Lipinski definition) is 4. The van der Waals surface area contributed by atoms with E-state index in [0.29, 0.717) is 6.42 Å². The summed E-state index contributed by atoms with van der Waals surface area (Å²) in [4.78, 5) is 12.0. The third-order valence-electron chi connectivity index (χ3n) is 3.67. The van der Waals surface area contributed by atoms with Gasteiger partial charge in [-0.05, 0) is 61.7 Å². The molecule has 0 spiro atoms. The molecule has 0 fully saturated rings. The van der Waals surface area contributed by atoms with Gasteiger partial charge in [-0.3, -0.25) is 4.79 Å². The minimum Gasteiger partial charge on any atom is -0.508 e. The lowest BCUT2D eigenvalue weighted by Gasteiger charge is -2.10. The van der Waals surface area contributed by atoms with Crippen LogP contribution in [0, 0.1) is 13.8 Å². The zero-order valence-electron chi connectivity index (χ0n) is 14.3. The predicted octanol–water partition coefficient (Wildman–Crippen LogP) is 3.35. The Morgan fingerprint density at radius 2 is 1.83 bits per heavy atom. The van der Waals surface area contributed by atoms with Gasteiger partial charge in [0.2, 0.25) is 0 Å². The highest BCUT2D eigenvalue weighted by molar-refractivity contribution is 6.01. The first-order chi connectivity index (χ1) is 11.5. The Labute approximate surface area is 142 Å². The zero-order valence-corrected chi connectivity index (χ0v) is 14.3. The molecule has 2 aromatic rings. The Hall–Kier alpha value is -2.82. The second-order valence-corrected chi connectivity index (χ2v) is 5.67. The maximum Gasteiger partial charge on any atom is 0.259 e. The van der Waals surface area contributed by atoms with Gasteiger partial charge in [-0.2, -0.15) is 5.10 Å². The monoisotopic (exact) mass is 325 g/mol. The number of aromatic hydroxyl groups is 1. The fourth-order valence-corrected chi connectivity index (χ4v) is 2.36. The quantitative estimate of drug-likeness (QED) is 0.563. The molecule has 0 radical (unpaired) electrons. The Kier molecular flexibility index (Phi) is 5.95. The number of carbonyl (C=O) groups excluding carboxylic acids is 1. The molecule has 3 N–H and O–H groups in total. The number of phenolic OH excluding ortho intramolecular Hbond substituents is 1. The first-order valence-electron chi connectivity index (χ1n) is 7.95. The number of carbonyl (C=O) groups is 1. The number of hydrogen-bond donors (Lipinski definition) is 3. The van der Waals surface area contributed by atoms with Gasteiger partial charge in [-0.1, -0.05) is 24.6 Å². The van der Waals surface area contributed by atoms with E-state index >= 15 is 0 Å². The van der Waals surface area contributed by atoms with Gasteiger partial charge in [0.05, 0.1) is 12.3 Å². The molecule has 0 aliphatic heterocycles. The van der Waals surface area contributed by atoms with E-state index in [0.717, 1.165) is 22.5 Å². The first-order valence-corrected chi connectivity index (χ1v) is 7.95. The van der Waals surface area contributed by atoms with Crippen LogP contribution in [0.25, 0.3) is 0 Å². The van der Waals surface area contributed by atoms with Gasteiger partial charge < -0.3 is 10.4 Å². The van der Waals surface area contributed by atoms with E-state index in [-0.39, 0.29) is 18.2 Å². The summed E-state index contributed by atoms with van der Waals surface area (Å²) in [6.45, 7) is 6.16. The largest absolute Gasteiger partial charge is 0.508 e. The minimum absolute atomic E-state index is 0.153. The fraction of sp³-hybridized carbons (Fsp3) is 0.263. The lowest BCUT2D eigenvalue weighted by atomic mass is 10.1. The SMILES string of the molecule is CC/C(=N/NC(=O)CNc1ccc(C)cc1C)c1ccc(O)cc1. The highest BCUT2D eigenvalue weighted by atomic mass is 16.3. The second kappa shape index (κ2) is 8.15. The van der Waals surface area contributed by atoms with Crippen LogP contribution in [0.2, 0.25) is 0 Å². The molecule has 0 bridgehead atoms. The molecule has 0 aliphatic carbocycles. The molecule has 24 heavy (non-hydrogen) atoms. The smallest absolute Gasteiger partial charge is 0.259 e. The Bertz CT molecular complexity index is 737. The molecule has 2 aromatic carbocycles. The van der Waals surface area contributed by atoms with Gasteiger partial charge in [0.25, 0.3) is 5.91 Å². The summed E-state index contributed by atoms with van der Waals surface area (Å²) in [7, 11) is 0. The highest BCUT2D eigenvalue weighted by Crippen LogP contribution is 2.15. The summed E-state index contributed by atoms with van der Waals surface area (Å²) in [5.41, 5.74) is 7.43. The van der Waals surface area contributed by atoms with Crippen molar-refractivity contribution >= 4 is 17.3 Å². The van der Waals surface area contributed by atoms with Gasteiger partial charge in [0.15, 0.2) is 0 Å². The molecule has 2 rings (SSSR count). The van der Waals surface area contributed by atoms with Crippen LogP contribution < -0.4 is 10.7 Å². The topological polar surface area (TPSA) is 73.7 Å². The molecule has 5 heteroatoms. The van der Waals surface area contributed by atoms with Crippen molar-refractivity contribution in [1.82, 2.24) is 5.43 Å². The Morgan fingerprint density at radius 1 is 1.12 bits per heavy atom. The van der Waals surface area contributed by atoms with Crippen LogP contribution in [-0.2, 0) is 4.79 Å². The van der Waals surface area contributed by atoms with Crippen molar-refractivity contribution in [2.24, 2.45) is 5.10 Å². The van der Waals surface area contributed by atoms with Crippen LogP contribution in [0.5, 0.6) is 5.75 Å². The van der Waals surface area contributed by atoms with Gasteiger partial charge in [0, 0.05) is 5.69 Å². The van der Waals surface area contributed by atoms with E-state index < -0.39 is 0 Å². The molecule has 0 saturated heterocycles. The van der Waals surface area contributed by atoms with Crippen LogP contribution >= 0.6 is 0 Å². The van der Waals surface area contributed by atoms with Gasteiger partial charge >= 0.3 is 0 Å². The summed E-state index contributed by atoms with van der Waals surface area (Å²) in [5.74, 6) is -0.00407. The number of hydrazone groups is 1. The average molecular weight is 325 g/mol. The summed E-state index contributed by atoms with van der Waals surface area (Å²) in [6, 6.07) is 12.8. The number of rotatable bonds is 6. The Morgan fingerprint density at radius 3 is 2.46 bits per heavy atom. The van der Waals surface area contributed by atoms with Crippen molar-refractivity contribution in [3.8, 4) is 5.75 Å². The van der Waals surface area contributed by atoms with Crippen molar-refractivity contribution in [1.29, 1.82) is 0 Å². The predicted molar refractivity (Wildman–Crippen MR) is 97.5 cm³/mol. The summed E-state index contributed by atoms with van der Waals surface area (Å²) in [5, 5.41) is 16.6. The van der Waals surface area contributed by atoms with Crippen LogP contribution in [-0.4, -0.2) is 23.3 Å². The molecule has 0 unspecified atom stereocenters. The molecule has 0 aliphatic rings. The first kappa shape index (κ1) is 17.5. The average Bonchev–Trinajstić information content (AvgIpc) is 2.56. The second-order valence-electron chi connectivity index (χ2n) is 5.67. The number of anilines is 1. The minimum atomic E-state index is -0.209. The lowest BCUT2D eigenvalue weighted by molar-refractivity contribution is -0.119. The maximum absolute atomic E-state index is 12.0. The van der Waals surface area contributed by atoms with Crippen molar-refractivity contribution in [3.63, 3.8) is 0 Å². The molecule has 0 aromatic heterocycles. The molecule has 0 heterocycles. The number of nitrogens with zero attached hydrogens (tertiary/aromatic N) is 1. The van der Waals surface area contributed by atoms with Crippen molar-refractivity contribution in [2.45, 2.75) is 27.2 Å². The van der Waals surface area contributed by atoms with Crippen LogP contribution in [0.4, 0.5) is 5.69 Å². The molecular formula is C19H23N3O2. The number of phenols is 1. The van der Waals surface area contributed by atoms with Crippen molar-refractivity contribution in [2.75, 3.05) is 11.9 Å². The number of aryl methyl sites for hydroxylation is 2. The molecular weight excluding hydrogens is 302 g/mol. The molecule has 0 atom stereocenters. The van der Waals surface area contributed by atoms with Gasteiger partial charge in [0.1, 0.15) is 5.75 Å². The third-order valence-corrected chi connectivity index (χ3v) is 3.67. The Balaban J connectivity index is 1.94. The van der Waals surface area contributed by atoms with Crippen LogP contribution in [0.15, 0.2) is 47.6 Å². The van der Waals surface area contributed by atoms with Gasteiger partial charge in [-0.25, -0.2) is 5.43 Å².